The molecule has 2 N–H and O–H groups in total. The second kappa shape index (κ2) is 5.22. The average molecular weight is 307 g/mol. The molecule has 0 heterocycles. The van der Waals surface area contributed by atoms with E-state index in [1.54, 1.807) is 0 Å². The van der Waals surface area contributed by atoms with Gasteiger partial charge >= 0.3 is 0 Å². The van der Waals surface area contributed by atoms with Crippen LogP contribution >= 0.6 is 34.8 Å². The second-order valence-electron chi connectivity index (χ2n) is 3.48. The Kier molecular flexibility index (Phi) is 3.85. The van der Waals surface area contributed by atoms with Crippen LogP contribution in [0.4, 0.5) is 10.1 Å². The summed E-state index contributed by atoms with van der Waals surface area (Å²) >= 11 is 17.6. The minimum Gasteiger partial charge on any atom is -0.456 e. The number of nitrogen functional groups attached to an aromatic ring is 1. The van der Waals surface area contributed by atoms with Gasteiger partial charge in [-0.15, -0.1) is 0 Å². The van der Waals surface area contributed by atoms with Crippen LogP contribution in [0.15, 0.2) is 30.3 Å². The Hall–Kier alpha value is -1.16. The van der Waals surface area contributed by atoms with Gasteiger partial charge in [-0.1, -0.05) is 34.8 Å². The van der Waals surface area contributed by atoms with Crippen LogP contribution in [-0.4, -0.2) is 0 Å². The van der Waals surface area contributed by atoms with E-state index in [0.717, 1.165) is 6.07 Å². The molecule has 2 aromatic carbocycles. The number of anilines is 1. The molecule has 0 aliphatic carbocycles. The van der Waals surface area contributed by atoms with Crippen molar-refractivity contribution in [3.05, 3.63) is 51.2 Å². The highest BCUT2D eigenvalue weighted by Gasteiger charge is 2.09. The van der Waals surface area contributed by atoms with E-state index < -0.39 is 5.82 Å². The van der Waals surface area contributed by atoms with Gasteiger partial charge in [0.2, 0.25) is 0 Å². The maximum Gasteiger partial charge on any atom is 0.146 e. The lowest BCUT2D eigenvalue weighted by atomic mass is 10.3. The van der Waals surface area contributed by atoms with E-state index in [1.807, 2.05) is 0 Å². The van der Waals surface area contributed by atoms with Crippen LogP contribution in [0.1, 0.15) is 0 Å². The Morgan fingerprint density at radius 2 is 1.56 bits per heavy atom. The van der Waals surface area contributed by atoms with Gasteiger partial charge in [0, 0.05) is 12.1 Å². The lowest BCUT2D eigenvalue weighted by Crippen LogP contribution is -1.91. The van der Waals surface area contributed by atoms with Gasteiger partial charge in [0.15, 0.2) is 0 Å². The molecule has 0 aliphatic rings. The second-order valence-corrected chi connectivity index (χ2v) is 4.70. The summed E-state index contributed by atoms with van der Waals surface area (Å²) in [6, 6.07) is 6.81. The molecule has 0 saturated carbocycles. The smallest absolute Gasteiger partial charge is 0.146 e. The van der Waals surface area contributed by atoms with Gasteiger partial charge in [-0.05, 0) is 18.2 Å². The number of nitrogens with two attached hydrogens (primary N) is 1. The Morgan fingerprint density at radius 1 is 0.944 bits per heavy atom. The Morgan fingerprint density at radius 3 is 2.11 bits per heavy atom. The SMILES string of the molecule is Nc1c(Cl)cc(Oc2ccc(F)cc2Cl)cc1Cl. The first kappa shape index (κ1) is 13.3. The highest BCUT2D eigenvalue weighted by Crippen LogP contribution is 2.36. The summed E-state index contributed by atoms with van der Waals surface area (Å²) in [4.78, 5) is 0. The van der Waals surface area contributed by atoms with Gasteiger partial charge in [0.05, 0.1) is 20.8 Å². The van der Waals surface area contributed by atoms with Crippen LogP contribution in [0.3, 0.4) is 0 Å². The minimum absolute atomic E-state index is 0.152. The molecule has 0 saturated heterocycles. The summed E-state index contributed by atoms with van der Waals surface area (Å²) in [5, 5.41) is 0.700. The molecule has 0 amide bonds. The number of halogens is 4. The largest absolute Gasteiger partial charge is 0.456 e. The third kappa shape index (κ3) is 2.80. The molecule has 0 unspecified atom stereocenters. The molecule has 0 spiro atoms. The highest BCUT2D eigenvalue weighted by molar-refractivity contribution is 6.39. The zero-order valence-corrected chi connectivity index (χ0v) is 11.2. The van der Waals surface area contributed by atoms with E-state index in [9.17, 15) is 4.39 Å². The highest BCUT2D eigenvalue weighted by atomic mass is 35.5. The molecule has 0 aromatic heterocycles. The summed E-state index contributed by atoms with van der Waals surface area (Å²) in [5.41, 5.74) is 5.87. The summed E-state index contributed by atoms with van der Waals surface area (Å²) in [7, 11) is 0. The van der Waals surface area contributed by atoms with E-state index in [1.165, 1.54) is 24.3 Å². The van der Waals surface area contributed by atoms with Crippen molar-refractivity contribution < 1.29 is 9.13 Å². The van der Waals surface area contributed by atoms with Crippen molar-refractivity contribution in [2.75, 3.05) is 5.73 Å². The van der Waals surface area contributed by atoms with Crippen molar-refractivity contribution in [3.8, 4) is 11.5 Å². The van der Waals surface area contributed by atoms with Crippen molar-refractivity contribution in [2.45, 2.75) is 0 Å². The van der Waals surface area contributed by atoms with Crippen molar-refractivity contribution in [1.29, 1.82) is 0 Å². The van der Waals surface area contributed by atoms with Crippen LogP contribution in [0.25, 0.3) is 0 Å². The Balaban J connectivity index is 2.34. The first-order valence-electron chi connectivity index (χ1n) is 4.85. The molecule has 18 heavy (non-hydrogen) atoms. The fourth-order valence-electron chi connectivity index (χ4n) is 1.30. The molecule has 0 bridgehead atoms. The van der Waals surface area contributed by atoms with Crippen LogP contribution in [0.2, 0.25) is 15.1 Å². The fraction of sp³-hybridized carbons (Fsp3) is 0. The Labute approximate surface area is 118 Å². The van der Waals surface area contributed by atoms with Crippen LogP contribution in [-0.2, 0) is 0 Å². The van der Waals surface area contributed by atoms with E-state index in [-0.39, 0.29) is 20.8 Å². The lowest BCUT2D eigenvalue weighted by Gasteiger charge is -2.09. The number of ether oxygens (including phenoxy) is 1. The van der Waals surface area contributed by atoms with Gasteiger partial charge in [-0.3, -0.25) is 0 Å². The number of benzene rings is 2. The van der Waals surface area contributed by atoms with Gasteiger partial charge in [0.25, 0.3) is 0 Å². The van der Waals surface area contributed by atoms with Crippen molar-refractivity contribution in [2.24, 2.45) is 0 Å². The number of hydrogen-bond acceptors (Lipinski definition) is 2. The molecule has 94 valence electrons. The maximum absolute atomic E-state index is 12.9. The first-order chi connectivity index (χ1) is 8.47. The summed E-state index contributed by atoms with van der Waals surface area (Å²) in [5.74, 6) is 0.225. The monoisotopic (exact) mass is 305 g/mol. The van der Waals surface area contributed by atoms with Gasteiger partial charge in [-0.25, -0.2) is 4.39 Å². The fourth-order valence-corrected chi connectivity index (χ4v) is 1.98. The molecule has 0 aliphatic heterocycles. The van der Waals surface area contributed by atoms with E-state index in [0.29, 0.717) is 11.5 Å². The molecular weight excluding hydrogens is 299 g/mol. The molecule has 0 radical (unpaired) electrons. The summed E-state index contributed by atoms with van der Waals surface area (Å²) < 4.78 is 18.3. The van der Waals surface area contributed by atoms with Crippen LogP contribution in [0, 0.1) is 5.82 Å². The lowest BCUT2D eigenvalue weighted by molar-refractivity contribution is 0.481. The number of rotatable bonds is 2. The summed E-state index contributed by atoms with van der Waals surface area (Å²) in [6.07, 6.45) is 0. The van der Waals surface area contributed by atoms with Crippen molar-refractivity contribution in [3.63, 3.8) is 0 Å². The van der Waals surface area contributed by atoms with Gasteiger partial charge in [0.1, 0.15) is 17.3 Å². The standard InChI is InChI=1S/C12H7Cl3FNO/c13-8-3-6(16)1-2-11(8)18-7-4-9(14)12(17)10(15)5-7/h1-5H,17H2. The third-order valence-corrected chi connectivity index (χ3v) is 3.10. The molecule has 2 aromatic rings. The normalized spacial score (nSPS) is 10.4. The number of hydrogen-bond donors (Lipinski definition) is 1. The Bertz CT molecular complexity index is 581. The molecule has 0 fully saturated rings. The predicted molar refractivity (Wildman–Crippen MR) is 72.4 cm³/mol. The van der Waals surface area contributed by atoms with E-state index in [4.69, 9.17) is 45.3 Å². The molecule has 0 atom stereocenters. The van der Waals surface area contributed by atoms with Gasteiger partial charge in [-0.2, -0.15) is 0 Å². The molecular formula is C12H7Cl3FNO. The molecule has 2 nitrogen and oxygen atoms in total. The maximum atomic E-state index is 12.9. The predicted octanol–water partition coefficient (Wildman–Crippen LogP) is 5.16. The minimum atomic E-state index is -0.444. The first-order valence-corrected chi connectivity index (χ1v) is 5.98. The topological polar surface area (TPSA) is 35.2 Å². The average Bonchev–Trinajstić information content (AvgIpc) is 2.29. The summed E-state index contributed by atoms with van der Waals surface area (Å²) in [6.45, 7) is 0. The zero-order valence-electron chi connectivity index (χ0n) is 8.88. The van der Waals surface area contributed by atoms with Gasteiger partial charge < -0.3 is 10.5 Å². The van der Waals surface area contributed by atoms with E-state index >= 15 is 0 Å². The van der Waals surface area contributed by atoms with E-state index in [2.05, 4.69) is 0 Å². The van der Waals surface area contributed by atoms with Crippen LogP contribution in [0.5, 0.6) is 11.5 Å². The van der Waals surface area contributed by atoms with Crippen molar-refractivity contribution >= 4 is 40.5 Å². The zero-order chi connectivity index (χ0) is 13.3. The molecule has 2 rings (SSSR count). The molecule has 6 heteroatoms. The quantitative estimate of drug-likeness (QED) is 0.778. The van der Waals surface area contributed by atoms with Crippen molar-refractivity contribution in [1.82, 2.24) is 0 Å². The van der Waals surface area contributed by atoms with Crippen LogP contribution < -0.4 is 10.5 Å². The third-order valence-electron chi connectivity index (χ3n) is 2.17.